The molecule has 3 rings (SSSR count). The molecule has 5 nitrogen and oxygen atoms in total. The van der Waals surface area contributed by atoms with Gasteiger partial charge in [0.25, 0.3) is 0 Å². The molecule has 2 aromatic rings. The summed E-state index contributed by atoms with van der Waals surface area (Å²) in [4.78, 5) is 27.5. The molecule has 1 aliphatic rings. The van der Waals surface area contributed by atoms with E-state index >= 15 is 0 Å². The Labute approximate surface area is 161 Å². The zero-order chi connectivity index (χ0) is 19.4. The first-order valence-electron chi connectivity index (χ1n) is 8.81. The van der Waals surface area contributed by atoms with Gasteiger partial charge in [0.15, 0.2) is 11.6 Å². The fourth-order valence-electron chi connectivity index (χ4n) is 3.26. The quantitative estimate of drug-likeness (QED) is 0.709. The number of methoxy groups -OCH3 is 1. The van der Waals surface area contributed by atoms with Crippen molar-refractivity contribution < 1.29 is 23.5 Å². The fourth-order valence-corrected chi connectivity index (χ4v) is 4.17. The average Bonchev–Trinajstić information content (AvgIpc) is 3.27. The second-order valence-electron chi connectivity index (χ2n) is 6.52. The van der Waals surface area contributed by atoms with Crippen molar-refractivity contribution >= 4 is 23.2 Å². The molecular formula is C20H22FNO4S. The number of amides is 1. The molecule has 0 unspecified atom stereocenters. The number of ether oxygens (including phenoxy) is 2. The predicted octanol–water partition coefficient (Wildman–Crippen LogP) is 3.35. The van der Waals surface area contributed by atoms with Gasteiger partial charge in [-0.1, -0.05) is 12.1 Å². The zero-order valence-electron chi connectivity index (χ0n) is 15.3. The van der Waals surface area contributed by atoms with E-state index in [0.29, 0.717) is 12.8 Å². The van der Waals surface area contributed by atoms with Crippen molar-refractivity contribution in [2.24, 2.45) is 0 Å². The van der Waals surface area contributed by atoms with Crippen LogP contribution in [0.4, 0.5) is 4.39 Å². The fraction of sp³-hybridized carbons (Fsp3) is 0.400. The van der Waals surface area contributed by atoms with Crippen LogP contribution in [0.5, 0.6) is 5.75 Å². The molecule has 1 fully saturated rings. The highest BCUT2D eigenvalue weighted by Gasteiger charge is 2.41. The maximum absolute atomic E-state index is 13.8. The summed E-state index contributed by atoms with van der Waals surface area (Å²) >= 11 is 1.62. The normalized spacial score (nSPS) is 19.1. The van der Waals surface area contributed by atoms with Crippen LogP contribution in [0, 0.1) is 12.7 Å². The summed E-state index contributed by atoms with van der Waals surface area (Å²) in [6.45, 7) is 2.25. The molecule has 27 heavy (non-hydrogen) atoms. The van der Waals surface area contributed by atoms with Gasteiger partial charge in [-0.2, -0.15) is 0 Å². The molecule has 0 radical (unpaired) electrons. The van der Waals surface area contributed by atoms with E-state index in [2.05, 4.69) is 0 Å². The number of likely N-dealkylation sites (tertiary alicyclic amines) is 1. The Morgan fingerprint density at radius 2 is 2.07 bits per heavy atom. The molecular weight excluding hydrogens is 369 g/mol. The largest absolute Gasteiger partial charge is 0.485 e. The van der Waals surface area contributed by atoms with E-state index in [1.807, 2.05) is 18.4 Å². The van der Waals surface area contributed by atoms with Gasteiger partial charge in [-0.25, -0.2) is 9.18 Å². The number of halogens is 1. The summed E-state index contributed by atoms with van der Waals surface area (Å²) in [7, 11) is 1.30. The summed E-state index contributed by atoms with van der Waals surface area (Å²) < 4.78 is 24.4. The lowest BCUT2D eigenvalue weighted by molar-refractivity contribution is -0.150. The number of carbonyl (C=O) groups excluding carboxylic acids is 2. The minimum Gasteiger partial charge on any atom is -0.485 e. The molecule has 0 bridgehead atoms. The Hall–Kier alpha value is -2.41. The Balaban J connectivity index is 1.68. The lowest BCUT2D eigenvalue weighted by Crippen LogP contribution is -2.41. The number of benzene rings is 1. The number of aryl methyl sites for hydroxylation is 2. The van der Waals surface area contributed by atoms with Crippen LogP contribution in [-0.4, -0.2) is 42.6 Å². The summed E-state index contributed by atoms with van der Waals surface area (Å²) in [5, 5.41) is 2.00. The first-order chi connectivity index (χ1) is 13.0. The molecule has 1 aromatic carbocycles. The van der Waals surface area contributed by atoms with Crippen molar-refractivity contribution in [3.63, 3.8) is 0 Å². The van der Waals surface area contributed by atoms with Crippen LogP contribution in [0.1, 0.15) is 23.3 Å². The van der Waals surface area contributed by atoms with E-state index in [-0.39, 0.29) is 24.6 Å². The van der Waals surface area contributed by atoms with E-state index in [9.17, 15) is 14.0 Å². The van der Waals surface area contributed by atoms with Crippen LogP contribution < -0.4 is 4.74 Å². The second-order valence-corrected chi connectivity index (χ2v) is 7.52. The summed E-state index contributed by atoms with van der Waals surface area (Å²) in [5.74, 6) is -0.951. The number of esters is 1. The third-order valence-electron chi connectivity index (χ3n) is 4.72. The SMILES string of the molecule is COC(=O)[C@@H]1C[C@@H](Oc2ccccc2F)CN1C(=O)CCc1sccc1C. The average molecular weight is 391 g/mol. The molecule has 1 aliphatic heterocycles. The predicted molar refractivity (Wildman–Crippen MR) is 100 cm³/mol. The van der Waals surface area contributed by atoms with Crippen molar-refractivity contribution in [2.75, 3.05) is 13.7 Å². The second kappa shape index (κ2) is 8.52. The minimum atomic E-state index is -0.705. The van der Waals surface area contributed by atoms with Gasteiger partial charge in [0.2, 0.25) is 5.91 Å². The molecule has 7 heteroatoms. The molecule has 0 saturated carbocycles. The molecule has 0 aliphatic carbocycles. The van der Waals surface area contributed by atoms with Crippen molar-refractivity contribution in [3.05, 3.63) is 52.0 Å². The topological polar surface area (TPSA) is 55.8 Å². The zero-order valence-corrected chi connectivity index (χ0v) is 16.1. The Bertz CT molecular complexity index is 822. The van der Waals surface area contributed by atoms with Crippen molar-refractivity contribution in [3.8, 4) is 5.75 Å². The molecule has 2 heterocycles. The molecule has 1 saturated heterocycles. The highest BCUT2D eigenvalue weighted by atomic mass is 32.1. The van der Waals surface area contributed by atoms with Gasteiger partial charge in [0.05, 0.1) is 13.7 Å². The monoisotopic (exact) mass is 391 g/mol. The smallest absolute Gasteiger partial charge is 0.328 e. The Morgan fingerprint density at radius 1 is 1.30 bits per heavy atom. The summed E-state index contributed by atoms with van der Waals surface area (Å²) in [6, 6.07) is 7.42. The van der Waals surface area contributed by atoms with E-state index in [1.54, 1.807) is 23.5 Å². The van der Waals surface area contributed by atoms with Gasteiger partial charge in [0, 0.05) is 17.7 Å². The third-order valence-corrected chi connectivity index (χ3v) is 5.80. The van der Waals surface area contributed by atoms with Gasteiger partial charge in [-0.15, -0.1) is 11.3 Å². The molecule has 2 atom stereocenters. The van der Waals surface area contributed by atoms with Crippen molar-refractivity contribution in [1.29, 1.82) is 0 Å². The number of hydrogen-bond donors (Lipinski definition) is 0. The lowest BCUT2D eigenvalue weighted by atomic mass is 10.1. The van der Waals surface area contributed by atoms with Crippen LogP contribution in [0.2, 0.25) is 0 Å². The molecule has 144 valence electrons. The lowest BCUT2D eigenvalue weighted by Gasteiger charge is -2.22. The number of hydrogen-bond acceptors (Lipinski definition) is 5. The van der Waals surface area contributed by atoms with Gasteiger partial charge >= 0.3 is 5.97 Å². The minimum absolute atomic E-state index is 0.120. The highest BCUT2D eigenvalue weighted by Crippen LogP contribution is 2.27. The summed E-state index contributed by atoms with van der Waals surface area (Å²) in [5.41, 5.74) is 1.17. The van der Waals surface area contributed by atoms with Crippen molar-refractivity contribution in [1.82, 2.24) is 4.90 Å². The standard InChI is InChI=1S/C20H22FNO4S/c1-13-9-10-27-18(13)7-8-19(23)22-12-14(11-16(22)20(24)25-2)26-17-6-4-3-5-15(17)21/h3-6,9-10,14,16H,7-8,11-12H2,1-2H3/t14-,16+/m1/s1. The molecule has 1 aromatic heterocycles. The van der Waals surface area contributed by atoms with Gasteiger partial charge in [0.1, 0.15) is 12.1 Å². The Morgan fingerprint density at radius 3 is 2.74 bits per heavy atom. The number of carbonyl (C=O) groups is 2. The number of rotatable bonds is 6. The number of thiophene rings is 1. The first-order valence-corrected chi connectivity index (χ1v) is 9.69. The van der Waals surface area contributed by atoms with Crippen LogP contribution in [0.25, 0.3) is 0 Å². The highest BCUT2D eigenvalue weighted by molar-refractivity contribution is 7.10. The maximum atomic E-state index is 13.8. The van der Waals surface area contributed by atoms with Crippen LogP contribution >= 0.6 is 11.3 Å². The van der Waals surface area contributed by atoms with Crippen LogP contribution in [0.3, 0.4) is 0 Å². The number of nitrogens with zero attached hydrogens (tertiary/aromatic N) is 1. The Kier molecular flexibility index (Phi) is 6.11. The van der Waals surface area contributed by atoms with Gasteiger partial charge in [-0.05, 0) is 42.5 Å². The van der Waals surface area contributed by atoms with E-state index < -0.39 is 23.9 Å². The van der Waals surface area contributed by atoms with E-state index in [1.165, 1.54) is 29.7 Å². The van der Waals surface area contributed by atoms with Gasteiger partial charge < -0.3 is 14.4 Å². The number of para-hydroxylation sites is 1. The van der Waals surface area contributed by atoms with E-state index in [4.69, 9.17) is 9.47 Å². The molecule has 0 spiro atoms. The first kappa shape index (κ1) is 19.4. The molecule has 0 N–H and O–H groups in total. The molecule has 1 amide bonds. The van der Waals surface area contributed by atoms with Crippen LogP contribution in [-0.2, 0) is 20.7 Å². The summed E-state index contributed by atoms with van der Waals surface area (Å²) in [6.07, 6.45) is 0.760. The van der Waals surface area contributed by atoms with Crippen molar-refractivity contribution in [2.45, 2.75) is 38.3 Å². The van der Waals surface area contributed by atoms with Gasteiger partial charge in [-0.3, -0.25) is 4.79 Å². The van der Waals surface area contributed by atoms with Crippen LogP contribution in [0.15, 0.2) is 35.7 Å². The van der Waals surface area contributed by atoms with E-state index in [0.717, 1.165) is 4.88 Å². The third kappa shape index (κ3) is 4.47. The maximum Gasteiger partial charge on any atom is 0.328 e.